The molecular formula is C6H10O5P+. The highest BCUT2D eigenvalue weighted by molar-refractivity contribution is 7.63. The first-order valence-corrected chi connectivity index (χ1v) is 4.74. The number of aliphatic carboxylic acids is 1. The summed E-state index contributed by atoms with van der Waals surface area (Å²) in [6.45, 7) is 1.35. The van der Waals surface area contributed by atoms with Crippen LogP contribution in [0.4, 0.5) is 0 Å². The van der Waals surface area contributed by atoms with Crippen LogP contribution in [0.15, 0.2) is 0 Å². The van der Waals surface area contributed by atoms with Crippen LogP contribution in [0.1, 0.15) is 13.3 Å². The van der Waals surface area contributed by atoms with Crippen LogP contribution in [0.2, 0.25) is 0 Å². The van der Waals surface area contributed by atoms with Crippen molar-refractivity contribution in [1.82, 2.24) is 0 Å². The third kappa shape index (κ3) is 3.55. The van der Waals surface area contributed by atoms with E-state index in [0.717, 1.165) is 0 Å². The van der Waals surface area contributed by atoms with Gasteiger partial charge in [0.15, 0.2) is 0 Å². The minimum absolute atomic E-state index is 0.287. The molecule has 0 aromatic carbocycles. The zero-order valence-electron chi connectivity index (χ0n) is 6.56. The van der Waals surface area contributed by atoms with Gasteiger partial charge in [0.1, 0.15) is 0 Å². The van der Waals surface area contributed by atoms with E-state index in [0.29, 0.717) is 0 Å². The summed E-state index contributed by atoms with van der Waals surface area (Å²) in [5, 5.41) is 16.7. The van der Waals surface area contributed by atoms with Gasteiger partial charge in [-0.2, -0.15) is 0 Å². The summed E-state index contributed by atoms with van der Waals surface area (Å²) in [6, 6.07) is 0. The zero-order chi connectivity index (χ0) is 9.72. The molecule has 0 aromatic rings. The Morgan fingerprint density at radius 2 is 2.00 bits per heavy atom. The highest BCUT2D eigenvalue weighted by Crippen LogP contribution is 2.23. The SMILES string of the molecule is CC(CC(=O)[P+](=O)CO)C(=O)O. The van der Waals surface area contributed by atoms with E-state index in [4.69, 9.17) is 10.2 Å². The highest BCUT2D eigenvalue weighted by Gasteiger charge is 2.30. The molecule has 68 valence electrons. The molecule has 0 heterocycles. The van der Waals surface area contributed by atoms with E-state index >= 15 is 0 Å². The lowest BCUT2D eigenvalue weighted by molar-refractivity contribution is -0.142. The van der Waals surface area contributed by atoms with Crippen molar-refractivity contribution in [2.45, 2.75) is 13.3 Å². The number of carboxylic acid groups (broad SMARTS) is 1. The quantitative estimate of drug-likeness (QED) is 0.616. The van der Waals surface area contributed by atoms with Gasteiger partial charge in [0, 0.05) is 0 Å². The summed E-state index contributed by atoms with van der Waals surface area (Å²) in [5.41, 5.74) is -0.692. The van der Waals surface area contributed by atoms with Crippen LogP contribution < -0.4 is 0 Å². The average molecular weight is 193 g/mol. The molecule has 0 aliphatic heterocycles. The van der Waals surface area contributed by atoms with Crippen molar-refractivity contribution in [2.75, 3.05) is 6.35 Å². The van der Waals surface area contributed by atoms with Gasteiger partial charge in [-0.05, 0) is 0 Å². The maximum Gasteiger partial charge on any atom is 0.442 e. The molecular weight excluding hydrogens is 183 g/mol. The molecule has 0 aliphatic rings. The molecule has 2 atom stereocenters. The lowest BCUT2D eigenvalue weighted by atomic mass is 10.1. The van der Waals surface area contributed by atoms with Gasteiger partial charge in [0.05, 0.1) is 12.3 Å². The van der Waals surface area contributed by atoms with Crippen LogP contribution in [-0.2, 0) is 14.2 Å². The van der Waals surface area contributed by atoms with Gasteiger partial charge in [-0.3, -0.25) is 4.79 Å². The summed E-state index contributed by atoms with van der Waals surface area (Å²) in [6.07, 6.45) is -0.994. The van der Waals surface area contributed by atoms with Crippen molar-refractivity contribution in [3.8, 4) is 0 Å². The Morgan fingerprint density at radius 1 is 1.50 bits per heavy atom. The second-order valence-corrected chi connectivity index (χ2v) is 3.90. The Bertz CT molecular complexity index is 212. The fourth-order valence-electron chi connectivity index (χ4n) is 0.530. The first-order valence-electron chi connectivity index (χ1n) is 3.30. The van der Waals surface area contributed by atoms with E-state index in [9.17, 15) is 14.2 Å². The molecule has 5 nitrogen and oxygen atoms in total. The minimum atomic E-state index is -2.29. The molecule has 0 fully saturated rings. The van der Waals surface area contributed by atoms with Crippen LogP contribution in [0.25, 0.3) is 0 Å². The monoisotopic (exact) mass is 193 g/mol. The summed E-state index contributed by atoms with van der Waals surface area (Å²) in [7, 11) is -2.29. The molecule has 0 aliphatic carbocycles. The van der Waals surface area contributed by atoms with Crippen LogP contribution in [0, 0.1) is 5.92 Å². The summed E-state index contributed by atoms with van der Waals surface area (Å²) < 4.78 is 10.6. The Balaban J connectivity index is 4.01. The van der Waals surface area contributed by atoms with Gasteiger partial charge >= 0.3 is 19.3 Å². The molecule has 0 amide bonds. The Hall–Kier alpha value is -0.800. The Kier molecular flexibility index (Phi) is 4.62. The van der Waals surface area contributed by atoms with Crippen LogP contribution in [-0.4, -0.2) is 28.1 Å². The number of rotatable bonds is 5. The topological polar surface area (TPSA) is 91.7 Å². The number of hydrogen-bond acceptors (Lipinski definition) is 4. The molecule has 0 saturated carbocycles. The van der Waals surface area contributed by atoms with Crippen LogP contribution >= 0.6 is 7.80 Å². The zero-order valence-corrected chi connectivity index (χ0v) is 7.45. The van der Waals surface area contributed by atoms with E-state index in [1.807, 2.05) is 0 Å². The van der Waals surface area contributed by atoms with E-state index in [2.05, 4.69) is 0 Å². The number of aliphatic hydroxyl groups is 1. The van der Waals surface area contributed by atoms with E-state index < -0.39 is 31.6 Å². The number of carbonyl (C=O) groups is 2. The number of carbonyl (C=O) groups excluding carboxylic acids is 1. The minimum Gasteiger partial charge on any atom is -0.481 e. The van der Waals surface area contributed by atoms with Crippen molar-refractivity contribution in [2.24, 2.45) is 5.92 Å². The fourth-order valence-corrected chi connectivity index (χ4v) is 1.17. The number of aliphatic hydroxyl groups excluding tert-OH is 1. The van der Waals surface area contributed by atoms with E-state index in [1.165, 1.54) is 6.92 Å². The van der Waals surface area contributed by atoms with Crippen molar-refractivity contribution >= 4 is 19.3 Å². The molecule has 0 spiro atoms. The Morgan fingerprint density at radius 3 is 2.33 bits per heavy atom. The molecule has 2 N–H and O–H groups in total. The van der Waals surface area contributed by atoms with E-state index in [1.54, 1.807) is 0 Å². The van der Waals surface area contributed by atoms with Gasteiger partial charge in [-0.25, -0.2) is 4.79 Å². The molecule has 12 heavy (non-hydrogen) atoms. The fraction of sp³-hybridized carbons (Fsp3) is 0.667. The molecule has 0 saturated heterocycles. The third-order valence-corrected chi connectivity index (χ3v) is 2.30. The highest BCUT2D eigenvalue weighted by atomic mass is 31.1. The largest absolute Gasteiger partial charge is 0.481 e. The lowest BCUT2D eigenvalue weighted by Crippen LogP contribution is -2.13. The maximum atomic E-state index is 10.8. The van der Waals surface area contributed by atoms with Crippen molar-refractivity contribution in [3.05, 3.63) is 0 Å². The standard InChI is InChI=1S/C6H9O5P/c1-4(6(9)10)2-5(8)12(11)3-7/h4,7H,2-3H2,1H3/p+1. The smallest absolute Gasteiger partial charge is 0.442 e. The van der Waals surface area contributed by atoms with Crippen molar-refractivity contribution < 1.29 is 24.4 Å². The summed E-state index contributed by atoms with van der Waals surface area (Å²) in [4.78, 5) is 21.0. The van der Waals surface area contributed by atoms with Gasteiger partial charge in [0.2, 0.25) is 0 Å². The number of carboxylic acids is 1. The lowest BCUT2D eigenvalue weighted by Gasteiger charge is -1.97. The molecule has 0 bridgehead atoms. The first-order chi connectivity index (χ1) is 5.49. The van der Waals surface area contributed by atoms with Crippen LogP contribution in [0.5, 0.6) is 0 Å². The summed E-state index contributed by atoms with van der Waals surface area (Å²) >= 11 is 0. The molecule has 0 aromatic heterocycles. The third-order valence-electron chi connectivity index (χ3n) is 1.31. The van der Waals surface area contributed by atoms with Crippen LogP contribution in [0.3, 0.4) is 0 Å². The van der Waals surface area contributed by atoms with Gasteiger partial charge in [-0.15, -0.1) is 0 Å². The number of hydrogen-bond donors (Lipinski definition) is 2. The average Bonchev–Trinajstić information content (AvgIpc) is 2.02. The predicted molar refractivity (Wildman–Crippen MR) is 41.1 cm³/mol. The van der Waals surface area contributed by atoms with Crippen molar-refractivity contribution in [1.29, 1.82) is 0 Å². The van der Waals surface area contributed by atoms with E-state index in [-0.39, 0.29) is 6.42 Å². The molecule has 0 radical (unpaired) electrons. The second kappa shape index (κ2) is 4.95. The first kappa shape index (κ1) is 11.2. The Labute approximate surface area is 70.2 Å². The normalized spacial score (nSPS) is 13.7. The molecule has 6 heteroatoms. The maximum absolute atomic E-state index is 10.8. The molecule has 2 unspecified atom stereocenters. The second-order valence-electron chi connectivity index (χ2n) is 2.36. The predicted octanol–water partition coefficient (Wildman–Crippen LogP) is 0.401. The van der Waals surface area contributed by atoms with Gasteiger partial charge in [0.25, 0.3) is 6.35 Å². The van der Waals surface area contributed by atoms with Gasteiger partial charge < -0.3 is 10.2 Å². The van der Waals surface area contributed by atoms with Crippen molar-refractivity contribution in [3.63, 3.8) is 0 Å². The molecule has 0 rings (SSSR count). The summed E-state index contributed by atoms with van der Waals surface area (Å²) in [5.74, 6) is -1.95. The van der Waals surface area contributed by atoms with Gasteiger partial charge in [-0.1, -0.05) is 11.5 Å².